The van der Waals surface area contributed by atoms with Gasteiger partial charge in [0, 0.05) is 0 Å². The van der Waals surface area contributed by atoms with E-state index in [9.17, 15) is 8.42 Å². The van der Waals surface area contributed by atoms with Crippen LogP contribution in [0.5, 0.6) is 5.75 Å². The average molecular weight is 271 g/mol. The molecule has 0 spiro atoms. The van der Waals surface area contributed by atoms with E-state index in [0.717, 1.165) is 5.56 Å². The Labute approximate surface area is 109 Å². The molecule has 1 N–H and O–H groups in total. The first-order chi connectivity index (χ1) is 8.19. The molecule has 0 heterocycles. The Morgan fingerprint density at radius 3 is 2.33 bits per heavy atom. The minimum Gasteiger partial charge on any atom is -0.495 e. The molecule has 0 radical (unpaired) electrons. The fraction of sp³-hybridized carbons (Fsp3) is 0.538. The van der Waals surface area contributed by atoms with Crippen LogP contribution in [-0.4, -0.2) is 21.3 Å². The lowest BCUT2D eigenvalue weighted by Gasteiger charge is -2.21. The fourth-order valence-electron chi connectivity index (χ4n) is 1.49. The first kappa shape index (κ1) is 14.8. The predicted molar refractivity (Wildman–Crippen MR) is 74.8 cm³/mol. The summed E-state index contributed by atoms with van der Waals surface area (Å²) in [5.74, 6) is 0.565. The van der Waals surface area contributed by atoms with Crippen LogP contribution in [0.3, 0.4) is 0 Å². The van der Waals surface area contributed by atoms with Crippen LogP contribution in [-0.2, 0) is 15.4 Å². The number of rotatable bonds is 4. The van der Waals surface area contributed by atoms with Gasteiger partial charge in [0.25, 0.3) is 0 Å². The van der Waals surface area contributed by atoms with E-state index in [0.29, 0.717) is 11.4 Å². The summed E-state index contributed by atoms with van der Waals surface area (Å²) in [6.45, 7) is 7.83. The van der Waals surface area contributed by atoms with E-state index in [-0.39, 0.29) is 11.2 Å². The van der Waals surface area contributed by atoms with Crippen LogP contribution in [0.2, 0.25) is 0 Å². The highest BCUT2D eigenvalue weighted by atomic mass is 32.2. The maximum absolute atomic E-state index is 11.6. The minimum atomic E-state index is -3.30. The molecule has 0 unspecified atom stereocenters. The topological polar surface area (TPSA) is 55.4 Å². The zero-order valence-electron chi connectivity index (χ0n) is 11.6. The van der Waals surface area contributed by atoms with E-state index in [2.05, 4.69) is 25.5 Å². The van der Waals surface area contributed by atoms with Crippen molar-refractivity contribution in [3.05, 3.63) is 23.8 Å². The van der Waals surface area contributed by atoms with Crippen LogP contribution < -0.4 is 9.46 Å². The van der Waals surface area contributed by atoms with Crippen molar-refractivity contribution < 1.29 is 13.2 Å². The van der Waals surface area contributed by atoms with Crippen molar-refractivity contribution in [1.29, 1.82) is 0 Å². The molecule has 0 aliphatic rings. The number of benzene rings is 1. The van der Waals surface area contributed by atoms with Crippen molar-refractivity contribution in [1.82, 2.24) is 0 Å². The molecule has 0 amide bonds. The van der Waals surface area contributed by atoms with Crippen LogP contribution in [0.4, 0.5) is 5.69 Å². The minimum absolute atomic E-state index is 0.0376. The molecular formula is C13H21NO3S. The van der Waals surface area contributed by atoms with Crippen LogP contribution in [0.1, 0.15) is 33.3 Å². The molecule has 18 heavy (non-hydrogen) atoms. The van der Waals surface area contributed by atoms with Gasteiger partial charge < -0.3 is 4.74 Å². The molecule has 0 saturated carbocycles. The highest BCUT2D eigenvalue weighted by Gasteiger charge is 2.18. The van der Waals surface area contributed by atoms with Gasteiger partial charge in [0.15, 0.2) is 0 Å². The van der Waals surface area contributed by atoms with E-state index >= 15 is 0 Å². The Kier molecular flexibility index (Phi) is 4.27. The third-order valence-corrected chi connectivity index (χ3v) is 4.00. The Hall–Kier alpha value is -1.23. The first-order valence-corrected chi connectivity index (χ1v) is 7.54. The number of anilines is 1. The van der Waals surface area contributed by atoms with Crippen molar-refractivity contribution in [2.45, 2.75) is 33.1 Å². The van der Waals surface area contributed by atoms with Crippen molar-refractivity contribution in [3.63, 3.8) is 0 Å². The Morgan fingerprint density at radius 2 is 1.89 bits per heavy atom. The van der Waals surface area contributed by atoms with Gasteiger partial charge in [0.2, 0.25) is 10.0 Å². The molecule has 1 aromatic rings. The smallest absolute Gasteiger partial charge is 0.232 e. The molecule has 4 nitrogen and oxygen atoms in total. The van der Waals surface area contributed by atoms with Crippen LogP contribution in [0.15, 0.2) is 18.2 Å². The summed E-state index contributed by atoms with van der Waals surface area (Å²) in [6.07, 6.45) is 0. The lowest BCUT2D eigenvalue weighted by Crippen LogP contribution is -2.17. The monoisotopic (exact) mass is 271 g/mol. The van der Waals surface area contributed by atoms with E-state index in [4.69, 9.17) is 4.74 Å². The highest BCUT2D eigenvalue weighted by Crippen LogP contribution is 2.31. The van der Waals surface area contributed by atoms with E-state index in [1.165, 1.54) is 7.11 Å². The second-order valence-electron chi connectivity index (χ2n) is 5.17. The standard InChI is InChI=1S/C13H21NO3S/c1-6-18(15,16)14-11-9-10(13(2,3)4)7-8-12(11)17-5/h7-9,14H,6H2,1-5H3. The summed E-state index contributed by atoms with van der Waals surface area (Å²) in [5, 5.41) is 0. The lowest BCUT2D eigenvalue weighted by atomic mass is 9.87. The van der Waals surface area contributed by atoms with Crippen molar-refractivity contribution in [2.75, 3.05) is 17.6 Å². The first-order valence-electron chi connectivity index (χ1n) is 5.88. The van der Waals surface area contributed by atoms with Gasteiger partial charge in [0.05, 0.1) is 18.6 Å². The van der Waals surface area contributed by atoms with Gasteiger partial charge in [-0.3, -0.25) is 4.72 Å². The van der Waals surface area contributed by atoms with Crippen molar-refractivity contribution in [3.8, 4) is 5.75 Å². The van der Waals surface area contributed by atoms with Gasteiger partial charge in [-0.1, -0.05) is 26.8 Å². The normalized spacial score (nSPS) is 12.3. The summed E-state index contributed by atoms with van der Waals surface area (Å²) in [7, 11) is -1.77. The lowest BCUT2D eigenvalue weighted by molar-refractivity contribution is 0.416. The Bertz CT molecular complexity index is 516. The maximum Gasteiger partial charge on any atom is 0.232 e. The molecule has 1 aromatic carbocycles. The molecule has 5 heteroatoms. The Balaban J connectivity index is 3.23. The van der Waals surface area contributed by atoms with Crippen molar-refractivity contribution >= 4 is 15.7 Å². The molecule has 0 fully saturated rings. The van der Waals surface area contributed by atoms with Crippen LogP contribution in [0, 0.1) is 0 Å². The predicted octanol–water partition coefficient (Wildman–Crippen LogP) is 2.75. The molecule has 0 aromatic heterocycles. The molecule has 1 rings (SSSR count). The number of ether oxygens (including phenoxy) is 1. The average Bonchev–Trinajstić information content (AvgIpc) is 2.27. The second kappa shape index (κ2) is 5.18. The number of nitrogens with one attached hydrogen (secondary N) is 1. The van der Waals surface area contributed by atoms with E-state index in [1.54, 1.807) is 13.0 Å². The quantitative estimate of drug-likeness (QED) is 0.916. The molecule has 0 atom stereocenters. The maximum atomic E-state index is 11.6. The number of hydrogen-bond acceptors (Lipinski definition) is 3. The summed E-state index contributed by atoms with van der Waals surface area (Å²) >= 11 is 0. The molecule has 102 valence electrons. The fourth-order valence-corrected chi connectivity index (χ4v) is 2.13. The zero-order valence-corrected chi connectivity index (χ0v) is 12.4. The SMILES string of the molecule is CCS(=O)(=O)Nc1cc(C(C)(C)C)ccc1OC. The largest absolute Gasteiger partial charge is 0.495 e. The third kappa shape index (κ3) is 3.63. The van der Waals surface area contributed by atoms with Gasteiger partial charge >= 0.3 is 0 Å². The van der Waals surface area contributed by atoms with E-state index < -0.39 is 10.0 Å². The number of sulfonamides is 1. The summed E-state index contributed by atoms with van der Waals surface area (Å²) < 4.78 is 31.0. The molecule has 0 aliphatic carbocycles. The van der Waals surface area contributed by atoms with Crippen LogP contribution >= 0.6 is 0 Å². The van der Waals surface area contributed by atoms with Gasteiger partial charge in [-0.25, -0.2) is 8.42 Å². The summed E-state index contributed by atoms with van der Waals surface area (Å²) in [4.78, 5) is 0. The van der Waals surface area contributed by atoms with Gasteiger partial charge in [-0.15, -0.1) is 0 Å². The summed E-state index contributed by atoms with van der Waals surface area (Å²) in [6, 6.07) is 5.56. The van der Waals surface area contributed by atoms with Crippen molar-refractivity contribution in [2.24, 2.45) is 0 Å². The summed E-state index contributed by atoms with van der Waals surface area (Å²) in [5.41, 5.74) is 1.50. The van der Waals surface area contributed by atoms with Gasteiger partial charge in [-0.05, 0) is 30.0 Å². The molecular weight excluding hydrogens is 250 g/mol. The van der Waals surface area contributed by atoms with Gasteiger partial charge in [0.1, 0.15) is 5.75 Å². The zero-order chi connectivity index (χ0) is 14.0. The number of hydrogen-bond donors (Lipinski definition) is 1. The van der Waals surface area contributed by atoms with E-state index in [1.807, 2.05) is 12.1 Å². The second-order valence-corrected chi connectivity index (χ2v) is 7.18. The molecule has 0 bridgehead atoms. The van der Waals surface area contributed by atoms with Crippen LogP contribution in [0.25, 0.3) is 0 Å². The van der Waals surface area contributed by atoms with Gasteiger partial charge in [-0.2, -0.15) is 0 Å². The highest BCUT2D eigenvalue weighted by molar-refractivity contribution is 7.92. The Morgan fingerprint density at radius 1 is 1.28 bits per heavy atom. The third-order valence-electron chi connectivity index (χ3n) is 2.71. The molecule has 0 saturated heterocycles. The molecule has 0 aliphatic heterocycles. The number of methoxy groups -OCH3 is 1.